The zero-order valence-electron chi connectivity index (χ0n) is 22.0. The average Bonchev–Trinajstić information content (AvgIpc) is 2.94. The Morgan fingerprint density at radius 1 is 1.00 bits per heavy atom. The maximum atomic E-state index is 13.1. The van der Waals surface area contributed by atoms with E-state index in [1.807, 2.05) is 56.3 Å². The maximum Gasteiger partial charge on any atom is 0.240 e. The van der Waals surface area contributed by atoms with Crippen LogP contribution in [0.1, 0.15) is 25.8 Å². The minimum Gasteiger partial charge on any atom is -0.369 e. The van der Waals surface area contributed by atoms with Crippen molar-refractivity contribution < 1.29 is 13.2 Å². The molecule has 0 radical (unpaired) electrons. The summed E-state index contributed by atoms with van der Waals surface area (Å²) in [5, 5.41) is 9.93. The van der Waals surface area contributed by atoms with Crippen LogP contribution in [0.2, 0.25) is 5.02 Å². The Bertz CT molecular complexity index is 1660. The molecule has 0 atom stereocenters. The van der Waals surface area contributed by atoms with Crippen molar-refractivity contribution in [3.8, 4) is 11.1 Å². The number of anilines is 4. The van der Waals surface area contributed by atoms with Crippen molar-refractivity contribution in [2.24, 2.45) is 0 Å². The lowest BCUT2D eigenvalue weighted by molar-refractivity contribution is -0.120. The summed E-state index contributed by atoms with van der Waals surface area (Å²) >= 11 is 6.35. The van der Waals surface area contributed by atoms with E-state index in [-0.39, 0.29) is 17.3 Å². The molecule has 0 saturated heterocycles. The van der Waals surface area contributed by atoms with Crippen molar-refractivity contribution in [3.05, 3.63) is 89.6 Å². The SMILES string of the molecule is CC(C)(C(=O)Nc1ccc(-c2cnc3nc2NCCCNS(=O)(=O)c2cccc(c2)N3)cc1)c1ccccc1Cl. The number of sulfonamides is 1. The molecule has 0 aliphatic carbocycles. The van der Waals surface area contributed by atoms with E-state index < -0.39 is 15.4 Å². The minimum absolute atomic E-state index is 0.170. The molecule has 4 N–H and O–H groups in total. The molecule has 4 bridgehead atoms. The fraction of sp³-hybridized carbons (Fsp3) is 0.207. The Morgan fingerprint density at radius 2 is 1.77 bits per heavy atom. The van der Waals surface area contributed by atoms with Gasteiger partial charge in [0.25, 0.3) is 0 Å². The topological polar surface area (TPSA) is 125 Å². The standard InChI is InChI=1S/C29H29ClN6O3S/c1-29(2,24-9-3-4-10-25(24)30)27(37)34-20-13-11-19(12-14-20)23-18-32-28-35-21-7-5-8-22(17-21)40(38,39)33-16-6-15-31-26(23)36-28/h3-5,7-14,17-18,33H,6,15-16H2,1-2H3,(H,34,37)(H2,31,32,35,36). The number of amides is 1. The number of halogens is 1. The van der Waals surface area contributed by atoms with Gasteiger partial charge in [-0.3, -0.25) is 4.79 Å². The monoisotopic (exact) mass is 576 g/mol. The molecule has 3 aromatic carbocycles. The van der Waals surface area contributed by atoms with Gasteiger partial charge in [-0.05, 0) is 67.8 Å². The van der Waals surface area contributed by atoms with Crippen molar-refractivity contribution in [1.29, 1.82) is 0 Å². The Morgan fingerprint density at radius 3 is 2.55 bits per heavy atom. The van der Waals surface area contributed by atoms with Gasteiger partial charge in [0, 0.05) is 41.2 Å². The highest BCUT2D eigenvalue weighted by Crippen LogP contribution is 2.32. The summed E-state index contributed by atoms with van der Waals surface area (Å²) in [5.74, 6) is 0.762. The van der Waals surface area contributed by atoms with Crippen LogP contribution in [0.15, 0.2) is 83.9 Å². The third kappa shape index (κ3) is 5.94. The highest BCUT2D eigenvalue weighted by molar-refractivity contribution is 7.89. The molecule has 5 rings (SSSR count). The summed E-state index contributed by atoms with van der Waals surface area (Å²) in [6.07, 6.45) is 2.27. The number of carbonyl (C=O) groups is 1. The molecule has 1 aliphatic rings. The van der Waals surface area contributed by atoms with E-state index in [1.54, 1.807) is 36.5 Å². The number of nitrogens with zero attached hydrogens (tertiary/aromatic N) is 2. The molecular weight excluding hydrogens is 548 g/mol. The maximum absolute atomic E-state index is 13.1. The molecule has 9 nitrogen and oxygen atoms in total. The largest absolute Gasteiger partial charge is 0.369 e. The van der Waals surface area contributed by atoms with Crippen LogP contribution in [0, 0.1) is 0 Å². The molecular formula is C29H29ClN6O3S. The van der Waals surface area contributed by atoms with Crippen LogP contribution in [0.4, 0.5) is 23.1 Å². The molecule has 0 fully saturated rings. The van der Waals surface area contributed by atoms with Gasteiger partial charge in [-0.1, -0.05) is 48.0 Å². The number of fused-ring (bicyclic) bond motifs is 4. The molecule has 0 unspecified atom stereocenters. The Balaban J connectivity index is 1.38. The number of rotatable bonds is 4. The van der Waals surface area contributed by atoms with E-state index in [4.69, 9.17) is 11.6 Å². The zero-order chi connectivity index (χ0) is 28.3. The third-order valence-corrected chi connectivity index (χ3v) is 8.48. The predicted molar refractivity (Wildman–Crippen MR) is 159 cm³/mol. The van der Waals surface area contributed by atoms with E-state index in [1.165, 1.54) is 0 Å². The Labute approximate surface area is 238 Å². The van der Waals surface area contributed by atoms with Crippen molar-refractivity contribution in [2.45, 2.75) is 30.6 Å². The molecule has 0 spiro atoms. The van der Waals surface area contributed by atoms with Crippen LogP contribution in [0.3, 0.4) is 0 Å². The minimum atomic E-state index is -3.62. The first-order valence-electron chi connectivity index (χ1n) is 12.8. The van der Waals surface area contributed by atoms with Gasteiger partial charge < -0.3 is 16.0 Å². The normalized spacial score (nSPS) is 14.9. The number of carbonyl (C=O) groups excluding carboxylic acids is 1. The molecule has 40 heavy (non-hydrogen) atoms. The first-order chi connectivity index (χ1) is 19.1. The first-order valence-corrected chi connectivity index (χ1v) is 14.6. The number of nitrogens with one attached hydrogen (secondary N) is 4. The third-order valence-electron chi connectivity index (χ3n) is 6.70. The van der Waals surface area contributed by atoms with Gasteiger partial charge in [0.15, 0.2) is 0 Å². The predicted octanol–water partition coefficient (Wildman–Crippen LogP) is 5.55. The van der Waals surface area contributed by atoms with Crippen molar-refractivity contribution >= 4 is 50.7 Å². The van der Waals surface area contributed by atoms with Crippen LogP contribution in [0.5, 0.6) is 0 Å². The van der Waals surface area contributed by atoms with Crippen molar-refractivity contribution in [1.82, 2.24) is 14.7 Å². The number of hydrogen-bond acceptors (Lipinski definition) is 7. The second-order valence-corrected chi connectivity index (χ2v) is 12.1. The van der Waals surface area contributed by atoms with Crippen LogP contribution < -0.4 is 20.7 Å². The summed E-state index contributed by atoms with van der Waals surface area (Å²) in [5.41, 5.74) is 2.74. The summed E-state index contributed by atoms with van der Waals surface area (Å²) in [6.45, 7) is 4.45. The second-order valence-electron chi connectivity index (χ2n) is 9.92. The number of aromatic nitrogens is 2. The van der Waals surface area contributed by atoms with Gasteiger partial charge in [0.2, 0.25) is 21.9 Å². The average molecular weight is 577 g/mol. The Kier molecular flexibility index (Phi) is 7.75. The fourth-order valence-corrected chi connectivity index (χ4v) is 5.85. The molecule has 1 amide bonds. The van der Waals surface area contributed by atoms with Gasteiger partial charge >= 0.3 is 0 Å². The van der Waals surface area contributed by atoms with Crippen LogP contribution >= 0.6 is 11.6 Å². The first kappa shape index (κ1) is 27.6. The van der Waals surface area contributed by atoms with Gasteiger partial charge in [0.1, 0.15) is 5.82 Å². The number of hydrogen-bond donors (Lipinski definition) is 4. The summed E-state index contributed by atoms with van der Waals surface area (Å²) in [4.78, 5) is 22.4. The molecule has 11 heteroatoms. The van der Waals surface area contributed by atoms with Crippen molar-refractivity contribution in [2.75, 3.05) is 29.0 Å². The fourth-order valence-electron chi connectivity index (χ4n) is 4.35. The molecule has 0 saturated carbocycles. The summed E-state index contributed by atoms with van der Waals surface area (Å²) in [6, 6.07) is 21.3. The van der Waals surface area contributed by atoms with Crippen molar-refractivity contribution in [3.63, 3.8) is 0 Å². The van der Waals surface area contributed by atoms with Gasteiger partial charge in [-0.25, -0.2) is 18.1 Å². The highest BCUT2D eigenvalue weighted by atomic mass is 35.5. The molecule has 2 heterocycles. The van der Waals surface area contributed by atoms with E-state index in [0.717, 1.165) is 16.7 Å². The quantitative estimate of drug-likeness (QED) is 0.251. The van der Waals surface area contributed by atoms with Gasteiger partial charge in [0.05, 0.1) is 10.3 Å². The lowest BCUT2D eigenvalue weighted by Gasteiger charge is -2.25. The van der Waals surface area contributed by atoms with Crippen LogP contribution in [-0.2, 0) is 20.2 Å². The van der Waals surface area contributed by atoms with E-state index in [2.05, 4.69) is 30.6 Å². The van der Waals surface area contributed by atoms with Crippen LogP contribution in [-0.4, -0.2) is 37.4 Å². The summed E-state index contributed by atoms with van der Waals surface area (Å²) in [7, 11) is -3.62. The van der Waals surface area contributed by atoms with Gasteiger partial charge in [-0.2, -0.15) is 4.98 Å². The molecule has 4 aromatic rings. The lowest BCUT2D eigenvalue weighted by Crippen LogP contribution is -2.35. The lowest BCUT2D eigenvalue weighted by atomic mass is 9.83. The second kappa shape index (κ2) is 11.2. The smallest absolute Gasteiger partial charge is 0.240 e. The van der Waals surface area contributed by atoms with E-state index in [0.29, 0.717) is 41.1 Å². The van der Waals surface area contributed by atoms with E-state index >= 15 is 0 Å². The zero-order valence-corrected chi connectivity index (χ0v) is 23.6. The summed E-state index contributed by atoms with van der Waals surface area (Å²) < 4.78 is 27.8. The van der Waals surface area contributed by atoms with Gasteiger partial charge in [-0.15, -0.1) is 0 Å². The molecule has 1 aromatic heterocycles. The molecule has 206 valence electrons. The van der Waals surface area contributed by atoms with E-state index in [9.17, 15) is 13.2 Å². The van der Waals surface area contributed by atoms with Crippen LogP contribution in [0.25, 0.3) is 11.1 Å². The highest BCUT2D eigenvalue weighted by Gasteiger charge is 2.31. The number of benzene rings is 3. The molecule has 1 aliphatic heterocycles. The Hall–Kier alpha value is -3.99.